The van der Waals surface area contributed by atoms with Crippen LogP contribution in [0.15, 0.2) is 54.6 Å². The molecule has 1 heterocycles. The number of hydrogen-bond acceptors (Lipinski definition) is 3. The van der Waals surface area contributed by atoms with Gasteiger partial charge < -0.3 is 14.6 Å². The monoisotopic (exact) mass is 475 g/mol. The highest BCUT2D eigenvalue weighted by molar-refractivity contribution is 6.32. The number of nitrogens with zero attached hydrogens (tertiary/aromatic N) is 2. The van der Waals surface area contributed by atoms with Gasteiger partial charge in [-0.25, -0.2) is 4.98 Å². The molecule has 0 bridgehead atoms. The Kier molecular flexibility index (Phi) is 7.23. The van der Waals surface area contributed by atoms with Gasteiger partial charge in [0.2, 0.25) is 0 Å². The summed E-state index contributed by atoms with van der Waals surface area (Å²) in [4.78, 5) is 17.5. The van der Waals surface area contributed by atoms with Gasteiger partial charge in [-0.05, 0) is 74.7 Å². The number of carbonyl (C=O) groups is 1. The number of amides is 1. The SMILES string of the molecule is Cc1ccc(C(=O)NCCc2nc3ccccc3n2CCOc2cc(C)c(Cl)c(C)c2)c(C)c1. The summed E-state index contributed by atoms with van der Waals surface area (Å²) in [6, 6.07) is 17.9. The van der Waals surface area contributed by atoms with Crippen LogP contribution < -0.4 is 10.1 Å². The minimum Gasteiger partial charge on any atom is -0.492 e. The summed E-state index contributed by atoms with van der Waals surface area (Å²) in [7, 11) is 0. The quantitative estimate of drug-likeness (QED) is 0.341. The summed E-state index contributed by atoms with van der Waals surface area (Å²) in [5.74, 6) is 1.68. The molecule has 0 unspecified atom stereocenters. The summed E-state index contributed by atoms with van der Waals surface area (Å²) < 4.78 is 8.22. The lowest BCUT2D eigenvalue weighted by Crippen LogP contribution is -2.27. The molecule has 0 saturated carbocycles. The maximum Gasteiger partial charge on any atom is 0.251 e. The number of fused-ring (bicyclic) bond motifs is 1. The topological polar surface area (TPSA) is 56.2 Å². The first-order valence-electron chi connectivity index (χ1n) is 11.5. The van der Waals surface area contributed by atoms with E-state index in [4.69, 9.17) is 21.3 Å². The van der Waals surface area contributed by atoms with E-state index in [1.54, 1.807) is 0 Å². The van der Waals surface area contributed by atoms with E-state index in [0.717, 1.165) is 49.9 Å². The largest absolute Gasteiger partial charge is 0.492 e. The number of para-hydroxylation sites is 2. The predicted molar refractivity (Wildman–Crippen MR) is 138 cm³/mol. The van der Waals surface area contributed by atoms with Crippen molar-refractivity contribution in [3.63, 3.8) is 0 Å². The molecule has 176 valence electrons. The smallest absolute Gasteiger partial charge is 0.251 e. The van der Waals surface area contributed by atoms with Gasteiger partial charge in [-0.1, -0.05) is 41.4 Å². The first kappa shape index (κ1) is 23.8. The number of rotatable bonds is 8. The average Bonchev–Trinajstić information content (AvgIpc) is 3.14. The second kappa shape index (κ2) is 10.3. The minimum atomic E-state index is -0.0584. The Labute approximate surface area is 205 Å². The van der Waals surface area contributed by atoms with Crippen LogP contribution in [0.25, 0.3) is 11.0 Å². The Morgan fingerprint density at radius 1 is 1.00 bits per heavy atom. The lowest BCUT2D eigenvalue weighted by atomic mass is 10.1. The van der Waals surface area contributed by atoms with Crippen LogP contribution in [0.5, 0.6) is 5.75 Å². The molecular weight excluding hydrogens is 446 g/mol. The number of aromatic nitrogens is 2. The molecule has 4 aromatic rings. The number of ether oxygens (including phenoxy) is 1. The molecule has 0 aliphatic heterocycles. The highest BCUT2D eigenvalue weighted by Gasteiger charge is 2.13. The lowest BCUT2D eigenvalue weighted by Gasteiger charge is -2.13. The van der Waals surface area contributed by atoms with E-state index in [-0.39, 0.29) is 5.91 Å². The number of carbonyl (C=O) groups excluding carboxylic acids is 1. The van der Waals surface area contributed by atoms with E-state index < -0.39 is 0 Å². The molecule has 0 spiro atoms. The molecule has 3 aromatic carbocycles. The van der Waals surface area contributed by atoms with Crippen molar-refractivity contribution >= 4 is 28.5 Å². The summed E-state index contributed by atoms with van der Waals surface area (Å²) >= 11 is 6.28. The zero-order chi connectivity index (χ0) is 24.2. The first-order valence-corrected chi connectivity index (χ1v) is 11.9. The Hall–Kier alpha value is -3.31. The molecule has 0 radical (unpaired) electrons. The van der Waals surface area contributed by atoms with Gasteiger partial charge in [0.15, 0.2) is 0 Å². The molecule has 0 fully saturated rings. The lowest BCUT2D eigenvalue weighted by molar-refractivity contribution is 0.0953. The normalized spacial score (nSPS) is 11.1. The van der Waals surface area contributed by atoms with Crippen LogP contribution in [0.3, 0.4) is 0 Å². The first-order chi connectivity index (χ1) is 16.3. The summed E-state index contributed by atoms with van der Waals surface area (Å²) in [6.45, 7) is 9.62. The van der Waals surface area contributed by atoms with Crippen LogP contribution >= 0.6 is 11.6 Å². The summed E-state index contributed by atoms with van der Waals surface area (Å²) in [5, 5.41) is 3.82. The molecule has 4 rings (SSSR count). The van der Waals surface area contributed by atoms with Gasteiger partial charge in [0.05, 0.1) is 17.6 Å². The predicted octanol–water partition coefficient (Wildman–Crippen LogP) is 5.97. The Balaban J connectivity index is 1.44. The van der Waals surface area contributed by atoms with Gasteiger partial charge in [0.1, 0.15) is 18.2 Å². The molecule has 0 aliphatic rings. The van der Waals surface area contributed by atoms with E-state index in [9.17, 15) is 4.79 Å². The van der Waals surface area contributed by atoms with Gasteiger partial charge in [-0.3, -0.25) is 4.79 Å². The number of benzene rings is 3. The third kappa shape index (κ3) is 5.26. The number of nitrogens with one attached hydrogen (secondary N) is 1. The van der Waals surface area contributed by atoms with Crippen LogP contribution in [0.2, 0.25) is 5.02 Å². The summed E-state index contributed by atoms with van der Waals surface area (Å²) in [5.41, 5.74) is 6.85. The molecule has 0 saturated heterocycles. The molecule has 0 aliphatic carbocycles. The molecule has 34 heavy (non-hydrogen) atoms. The number of hydrogen-bond donors (Lipinski definition) is 1. The molecule has 0 atom stereocenters. The van der Waals surface area contributed by atoms with Crippen molar-refractivity contribution in [1.29, 1.82) is 0 Å². The minimum absolute atomic E-state index is 0.0584. The number of imidazole rings is 1. The molecular formula is C28H30ClN3O2. The molecule has 5 nitrogen and oxygen atoms in total. The van der Waals surface area contributed by atoms with E-state index in [0.29, 0.717) is 31.7 Å². The van der Waals surface area contributed by atoms with Gasteiger partial charge >= 0.3 is 0 Å². The van der Waals surface area contributed by atoms with Crippen molar-refractivity contribution in [3.05, 3.63) is 93.3 Å². The van der Waals surface area contributed by atoms with E-state index >= 15 is 0 Å². The number of aryl methyl sites for hydroxylation is 4. The van der Waals surface area contributed by atoms with E-state index in [2.05, 4.69) is 16.0 Å². The zero-order valence-corrected chi connectivity index (χ0v) is 20.9. The highest BCUT2D eigenvalue weighted by Crippen LogP contribution is 2.26. The van der Waals surface area contributed by atoms with Crippen LogP contribution in [0.1, 0.15) is 38.4 Å². The van der Waals surface area contributed by atoms with Crippen molar-refractivity contribution in [3.8, 4) is 5.75 Å². The zero-order valence-electron chi connectivity index (χ0n) is 20.1. The van der Waals surface area contributed by atoms with Crippen molar-refractivity contribution in [2.75, 3.05) is 13.2 Å². The van der Waals surface area contributed by atoms with Gasteiger partial charge in [-0.15, -0.1) is 0 Å². The molecule has 1 amide bonds. The van der Waals surface area contributed by atoms with Gasteiger partial charge in [-0.2, -0.15) is 0 Å². The molecule has 1 N–H and O–H groups in total. The van der Waals surface area contributed by atoms with Crippen LogP contribution in [-0.2, 0) is 13.0 Å². The van der Waals surface area contributed by atoms with Crippen molar-refractivity contribution in [2.45, 2.75) is 40.7 Å². The molecule has 6 heteroatoms. The third-order valence-corrected chi connectivity index (χ3v) is 6.58. The van der Waals surface area contributed by atoms with Crippen LogP contribution in [-0.4, -0.2) is 28.6 Å². The van der Waals surface area contributed by atoms with Gasteiger partial charge in [0, 0.05) is 23.6 Å². The third-order valence-electron chi connectivity index (χ3n) is 5.99. The Morgan fingerprint density at radius 2 is 1.74 bits per heavy atom. The Bertz CT molecular complexity index is 1320. The second-order valence-electron chi connectivity index (χ2n) is 8.71. The molecule has 1 aromatic heterocycles. The van der Waals surface area contributed by atoms with Crippen LogP contribution in [0, 0.1) is 27.7 Å². The highest BCUT2D eigenvalue weighted by atomic mass is 35.5. The maximum atomic E-state index is 12.7. The number of halogens is 1. The van der Waals surface area contributed by atoms with Gasteiger partial charge in [0.25, 0.3) is 5.91 Å². The van der Waals surface area contributed by atoms with E-state index in [1.807, 2.05) is 76.2 Å². The fourth-order valence-corrected chi connectivity index (χ4v) is 4.37. The summed E-state index contributed by atoms with van der Waals surface area (Å²) in [6.07, 6.45) is 0.629. The fraction of sp³-hybridized carbons (Fsp3) is 0.286. The Morgan fingerprint density at radius 3 is 2.47 bits per heavy atom. The van der Waals surface area contributed by atoms with E-state index in [1.165, 1.54) is 0 Å². The average molecular weight is 476 g/mol. The van der Waals surface area contributed by atoms with Crippen molar-refractivity contribution in [1.82, 2.24) is 14.9 Å². The van der Waals surface area contributed by atoms with Crippen molar-refractivity contribution in [2.24, 2.45) is 0 Å². The maximum absolute atomic E-state index is 12.7. The van der Waals surface area contributed by atoms with Crippen LogP contribution in [0.4, 0.5) is 0 Å². The standard InChI is InChI=1S/C28H30ClN3O2/c1-18-9-10-23(19(2)15-18)28(33)30-12-11-26-31-24-7-5-6-8-25(24)32(26)13-14-34-22-16-20(3)27(29)21(4)17-22/h5-10,15-17H,11-14H2,1-4H3,(H,30,33). The second-order valence-corrected chi connectivity index (χ2v) is 9.09. The fourth-order valence-electron chi connectivity index (χ4n) is 4.26. The van der Waals surface area contributed by atoms with Crippen molar-refractivity contribution < 1.29 is 9.53 Å².